The molecule has 3 N–H and O–H groups in total. The number of aromatic nitrogens is 1. The lowest BCUT2D eigenvalue weighted by molar-refractivity contribution is 0.0629. The van der Waals surface area contributed by atoms with Crippen LogP contribution < -0.4 is 11.3 Å². The highest BCUT2D eigenvalue weighted by atomic mass is 16.5. The summed E-state index contributed by atoms with van der Waals surface area (Å²) in [5, 5.41) is 0. The number of rotatable bonds is 6. The van der Waals surface area contributed by atoms with Gasteiger partial charge in [-0.3, -0.25) is 15.6 Å². The number of nitrogen functional groups attached to an aromatic ring is 1. The van der Waals surface area contributed by atoms with E-state index in [9.17, 15) is 4.79 Å². The number of ether oxygens (including phenoxy) is 1. The summed E-state index contributed by atoms with van der Waals surface area (Å²) < 4.78 is 5.01. The Morgan fingerprint density at radius 3 is 2.89 bits per heavy atom. The zero-order valence-electron chi connectivity index (χ0n) is 11.0. The summed E-state index contributed by atoms with van der Waals surface area (Å²) in [6.07, 6.45) is 1.55. The number of carbonyl (C=O) groups is 1. The fourth-order valence-corrected chi connectivity index (χ4v) is 1.57. The van der Waals surface area contributed by atoms with E-state index in [2.05, 4.69) is 10.4 Å². The molecule has 0 unspecified atom stereocenters. The standard InChI is InChI=1S/C12H20N4O2/c1-9(2)16(6-7-18-3)12(17)11-8-10(15-13)4-5-14-11/h4-5,8-9H,6-7,13H2,1-3H3,(H,14,15). The summed E-state index contributed by atoms with van der Waals surface area (Å²) in [4.78, 5) is 18.1. The molecule has 1 rings (SSSR count). The Hall–Kier alpha value is -1.66. The Labute approximate surface area is 107 Å². The molecule has 0 radical (unpaired) electrons. The van der Waals surface area contributed by atoms with Crippen LogP contribution in [0.15, 0.2) is 18.3 Å². The number of carbonyl (C=O) groups excluding carboxylic acids is 1. The highest BCUT2D eigenvalue weighted by Gasteiger charge is 2.19. The van der Waals surface area contributed by atoms with Gasteiger partial charge in [-0.2, -0.15) is 0 Å². The second-order valence-corrected chi connectivity index (χ2v) is 4.16. The Morgan fingerprint density at radius 1 is 1.61 bits per heavy atom. The highest BCUT2D eigenvalue weighted by Crippen LogP contribution is 2.10. The minimum absolute atomic E-state index is 0.0870. The fourth-order valence-electron chi connectivity index (χ4n) is 1.57. The highest BCUT2D eigenvalue weighted by molar-refractivity contribution is 5.93. The van der Waals surface area contributed by atoms with Crippen molar-refractivity contribution in [3.05, 3.63) is 24.0 Å². The van der Waals surface area contributed by atoms with Gasteiger partial charge in [-0.25, -0.2) is 0 Å². The Bertz CT molecular complexity index is 395. The molecular formula is C12H20N4O2. The van der Waals surface area contributed by atoms with Crippen LogP contribution in [0.3, 0.4) is 0 Å². The van der Waals surface area contributed by atoms with Crippen molar-refractivity contribution in [1.82, 2.24) is 9.88 Å². The predicted molar refractivity (Wildman–Crippen MR) is 70.1 cm³/mol. The SMILES string of the molecule is COCCN(C(=O)c1cc(NN)ccn1)C(C)C. The zero-order chi connectivity index (χ0) is 13.5. The van der Waals surface area contributed by atoms with Crippen molar-refractivity contribution in [3.8, 4) is 0 Å². The first-order chi connectivity index (χ1) is 8.60. The molecule has 1 aromatic heterocycles. The van der Waals surface area contributed by atoms with Gasteiger partial charge in [0.1, 0.15) is 5.69 Å². The first-order valence-electron chi connectivity index (χ1n) is 5.82. The van der Waals surface area contributed by atoms with E-state index in [4.69, 9.17) is 10.6 Å². The summed E-state index contributed by atoms with van der Waals surface area (Å²) in [7, 11) is 1.61. The maximum Gasteiger partial charge on any atom is 0.272 e. The van der Waals surface area contributed by atoms with Crippen molar-refractivity contribution in [2.24, 2.45) is 5.84 Å². The molecular weight excluding hydrogens is 232 g/mol. The monoisotopic (exact) mass is 252 g/mol. The molecule has 0 spiro atoms. The smallest absolute Gasteiger partial charge is 0.272 e. The minimum Gasteiger partial charge on any atom is -0.383 e. The number of amides is 1. The third kappa shape index (κ3) is 3.68. The Kier molecular flexibility index (Phi) is 5.54. The average Bonchev–Trinajstić information content (AvgIpc) is 2.38. The van der Waals surface area contributed by atoms with Crippen molar-refractivity contribution in [1.29, 1.82) is 0 Å². The molecule has 1 amide bonds. The molecule has 100 valence electrons. The van der Waals surface area contributed by atoms with Crippen LogP contribution in [0.4, 0.5) is 5.69 Å². The molecule has 0 aromatic carbocycles. The normalized spacial score (nSPS) is 10.5. The van der Waals surface area contributed by atoms with Crippen LogP contribution in [0.5, 0.6) is 0 Å². The first-order valence-corrected chi connectivity index (χ1v) is 5.82. The van der Waals surface area contributed by atoms with Crippen LogP contribution in [0.1, 0.15) is 24.3 Å². The number of hydrazine groups is 1. The van der Waals surface area contributed by atoms with Gasteiger partial charge < -0.3 is 15.1 Å². The molecule has 18 heavy (non-hydrogen) atoms. The van der Waals surface area contributed by atoms with E-state index in [1.807, 2.05) is 13.8 Å². The minimum atomic E-state index is -0.126. The first kappa shape index (κ1) is 14.4. The second-order valence-electron chi connectivity index (χ2n) is 4.16. The third-order valence-electron chi connectivity index (χ3n) is 2.57. The lowest BCUT2D eigenvalue weighted by Crippen LogP contribution is -2.39. The number of methoxy groups -OCH3 is 1. The molecule has 6 heteroatoms. The molecule has 0 saturated carbocycles. The number of pyridine rings is 1. The van der Waals surface area contributed by atoms with Crippen molar-refractivity contribution in [2.45, 2.75) is 19.9 Å². The third-order valence-corrected chi connectivity index (χ3v) is 2.57. The van der Waals surface area contributed by atoms with Crippen LogP contribution in [0, 0.1) is 0 Å². The average molecular weight is 252 g/mol. The van der Waals surface area contributed by atoms with Crippen LogP contribution in [-0.4, -0.2) is 42.1 Å². The van der Waals surface area contributed by atoms with Crippen LogP contribution in [0.25, 0.3) is 0 Å². The van der Waals surface area contributed by atoms with Crippen LogP contribution >= 0.6 is 0 Å². The van der Waals surface area contributed by atoms with Gasteiger partial charge in [-0.05, 0) is 26.0 Å². The lowest BCUT2D eigenvalue weighted by atomic mass is 10.2. The number of anilines is 1. The largest absolute Gasteiger partial charge is 0.383 e. The van der Waals surface area contributed by atoms with Gasteiger partial charge in [0.05, 0.1) is 12.3 Å². The summed E-state index contributed by atoms with van der Waals surface area (Å²) in [6.45, 7) is 4.95. The van der Waals surface area contributed by atoms with E-state index in [0.29, 0.717) is 24.5 Å². The van der Waals surface area contributed by atoms with Crippen molar-refractivity contribution in [2.75, 3.05) is 25.7 Å². The Balaban J connectivity index is 2.87. The Morgan fingerprint density at radius 2 is 2.33 bits per heavy atom. The molecule has 6 nitrogen and oxygen atoms in total. The van der Waals surface area contributed by atoms with Gasteiger partial charge in [0.25, 0.3) is 5.91 Å². The van der Waals surface area contributed by atoms with Gasteiger partial charge in [0.15, 0.2) is 0 Å². The lowest BCUT2D eigenvalue weighted by Gasteiger charge is -2.26. The number of hydrogen-bond donors (Lipinski definition) is 2. The zero-order valence-corrected chi connectivity index (χ0v) is 11.0. The van der Waals surface area contributed by atoms with Crippen LogP contribution in [0.2, 0.25) is 0 Å². The fraction of sp³-hybridized carbons (Fsp3) is 0.500. The topological polar surface area (TPSA) is 80.5 Å². The molecule has 0 atom stereocenters. The van der Waals surface area contributed by atoms with Gasteiger partial charge in [-0.1, -0.05) is 0 Å². The van der Waals surface area contributed by atoms with Gasteiger partial charge in [0.2, 0.25) is 0 Å². The molecule has 0 saturated heterocycles. The van der Waals surface area contributed by atoms with E-state index in [1.165, 1.54) is 0 Å². The van der Waals surface area contributed by atoms with Gasteiger partial charge >= 0.3 is 0 Å². The van der Waals surface area contributed by atoms with Gasteiger partial charge in [0, 0.05) is 25.9 Å². The van der Waals surface area contributed by atoms with E-state index in [-0.39, 0.29) is 11.9 Å². The van der Waals surface area contributed by atoms with E-state index in [0.717, 1.165) is 0 Å². The number of hydrogen-bond acceptors (Lipinski definition) is 5. The van der Waals surface area contributed by atoms with Crippen molar-refractivity contribution in [3.63, 3.8) is 0 Å². The summed E-state index contributed by atoms with van der Waals surface area (Å²) in [5.74, 6) is 5.19. The molecule has 1 aromatic rings. The molecule has 0 bridgehead atoms. The predicted octanol–water partition coefficient (Wildman–Crippen LogP) is 0.864. The van der Waals surface area contributed by atoms with E-state index >= 15 is 0 Å². The number of nitrogens with one attached hydrogen (secondary N) is 1. The van der Waals surface area contributed by atoms with Gasteiger partial charge in [-0.15, -0.1) is 0 Å². The molecule has 0 fully saturated rings. The van der Waals surface area contributed by atoms with Crippen molar-refractivity contribution < 1.29 is 9.53 Å². The number of nitrogens with zero attached hydrogens (tertiary/aromatic N) is 2. The van der Waals surface area contributed by atoms with Crippen LogP contribution in [-0.2, 0) is 4.74 Å². The quantitative estimate of drug-likeness (QED) is 0.580. The maximum atomic E-state index is 12.3. The van der Waals surface area contributed by atoms with E-state index in [1.54, 1.807) is 30.3 Å². The molecule has 0 aliphatic rings. The molecule has 0 aliphatic heterocycles. The summed E-state index contributed by atoms with van der Waals surface area (Å²) in [5.41, 5.74) is 3.53. The second kappa shape index (κ2) is 6.93. The number of nitrogens with two attached hydrogens (primary N) is 1. The maximum absolute atomic E-state index is 12.3. The molecule has 1 heterocycles. The summed E-state index contributed by atoms with van der Waals surface area (Å²) >= 11 is 0. The van der Waals surface area contributed by atoms with Crippen molar-refractivity contribution >= 4 is 11.6 Å². The summed E-state index contributed by atoms with van der Waals surface area (Å²) in [6, 6.07) is 3.42. The molecule has 0 aliphatic carbocycles. The van der Waals surface area contributed by atoms with E-state index < -0.39 is 0 Å².